The predicted octanol–water partition coefficient (Wildman–Crippen LogP) is 2.56. The number of nitrogens with zero attached hydrogens (tertiary/aromatic N) is 1. The Kier molecular flexibility index (Phi) is 3.67. The van der Waals surface area contributed by atoms with E-state index in [2.05, 4.69) is 4.98 Å². The van der Waals surface area contributed by atoms with Gasteiger partial charge in [0.05, 0.1) is 18.5 Å². The van der Waals surface area contributed by atoms with Gasteiger partial charge in [0.2, 0.25) is 5.88 Å². The van der Waals surface area contributed by atoms with Crippen LogP contribution in [0.3, 0.4) is 0 Å². The molecule has 1 heterocycles. The summed E-state index contributed by atoms with van der Waals surface area (Å²) in [4.78, 5) is 4.28. The number of aryl methyl sites for hydroxylation is 1. The van der Waals surface area contributed by atoms with E-state index in [0.717, 1.165) is 11.3 Å². The zero-order valence-electron chi connectivity index (χ0n) is 10.5. The highest BCUT2D eigenvalue weighted by Gasteiger charge is 2.05. The summed E-state index contributed by atoms with van der Waals surface area (Å²) in [6, 6.07) is 11.3. The van der Waals surface area contributed by atoms with Crippen LogP contribution >= 0.6 is 0 Å². The highest BCUT2D eigenvalue weighted by molar-refractivity contribution is 5.56. The molecular weight excluding hydrogens is 228 g/mol. The zero-order valence-corrected chi connectivity index (χ0v) is 10.5. The first-order valence-electron chi connectivity index (χ1n) is 5.68. The third-order valence-corrected chi connectivity index (χ3v) is 2.60. The average Bonchev–Trinajstić information content (AvgIpc) is 2.38. The number of para-hydroxylation sites is 1. The Morgan fingerprint density at radius 2 is 1.94 bits per heavy atom. The number of pyridine rings is 1. The lowest BCUT2D eigenvalue weighted by Gasteiger charge is -2.11. The molecule has 0 bridgehead atoms. The Bertz CT molecular complexity index is 521. The van der Waals surface area contributed by atoms with E-state index in [1.807, 2.05) is 37.3 Å². The standard InChI is InChI=1S/C14H16N2O2/c1-10-5-3-7-12(15)14(10)18-9-11-6-4-8-13(16-11)17-2/h3-8H,9,15H2,1-2H3. The number of nitrogens with two attached hydrogens (primary N) is 1. The quantitative estimate of drug-likeness (QED) is 0.840. The third-order valence-electron chi connectivity index (χ3n) is 2.60. The van der Waals surface area contributed by atoms with E-state index in [4.69, 9.17) is 15.2 Å². The summed E-state index contributed by atoms with van der Waals surface area (Å²) in [6.45, 7) is 2.33. The Labute approximate surface area is 106 Å². The molecule has 4 heteroatoms. The number of hydrogen-bond donors (Lipinski definition) is 1. The van der Waals surface area contributed by atoms with Crippen LogP contribution in [0.5, 0.6) is 11.6 Å². The Balaban J connectivity index is 2.11. The summed E-state index contributed by atoms with van der Waals surface area (Å²) in [5.74, 6) is 1.29. The molecular formula is C14H16N2O2. The maximum absolute atomic E-state index is 5.87. The van der Waals surface area contributed by atoms with Crippen LogP contribution in [0.2, 0.25) is 0 Å². The van der Waals surface area contributed by atoms with Gasteiger partial charge in [0.15, 0.2) is 0 Å². The van der Waals surface area contributed by atoms with Gasteiger partial charge in [0, 0.05) is 6.07 Å². The maximum atomic E-state index is 5.87. The number of nitrogen functional groups attached to an aromatic ring is 1. The molecule has 0 saturated heterocycles. The second-order valence-corrected chi connectivity index (χ2v) is 3.95. The number of ether oxygens (including phenoxy) is 2. The van der Waals surface area contributed by atoms with Gasteiger partial charge >= 0.3 is 0 Å². The van der Waals surface area contributed by atoms with Crippen molar-refractivity contribution in [2.75, 3.05) is 12.8 Å². The SMILES string of the molecule is COc1cccc(COc2c(C)cccc2N)n1. The molecule has 1 aromatic heterocycles. The van der Waals surface area contributed by atoms with Gasteiger partial charge in [-0.3, -0.25) is 0 Å². The van der Waals surface area contributed by atoms with Crippen molar-refractivity contribution in [2.24, 2.45) is 0 Å². The summed E-state index contributed by atoms with van der Waals surface area (Å²) < 4.78 is 10.8. The third kappa shape index (κ3) is 2.71. The minimum absolute atomic E-state index is 0.367. The second kappa shape index (κ2) is 5.40. The van der Waals surface area contributed by atoms with Crippen LogP contribution in [0.1, 0.15) is 11.3 Å². The first kappa shape index (κ1) is 12.2. The summed E-state index contributed by atoms with van der Waals surface area (Å²) in [5, 5.41) is 0. The molecule has 2 rings (SSSR count). The van der Waals surface area contributed by atoms with Gasteiger partial charge < -0.3 is 15.2 Å². The maximum Gasteiger partial charge on any atom is 0.213 e. The molecule has 1 aromatic carbocycles. The fraction of sp³-hybridized carbons (Fsp3) is 0.214. The van der Waals surface area contributed by atoms with Crippen molar-refractivity contribution in [3.05, 3.63) is 47.7 Å². The van der Waals surface area contributed by atoms with E-state index in [9.17, 15) is 0 Å². The monoisotopic (exact) mass is 244 g/mol. The molecule has 0 aliphatic heterocycles. The number of anilines is 1. The van der Waals surface area contributed by atoms with Crippen molar-refractivity contribution in [2.45, 2.75) is 13.5 Å². The second-order valence-electron chi connectivity index (χ2n) is 3.95. The van der Waals surface area contributed by atoms with Gasteiger partial charge in [-0.25, -0.2) is 4.98 Å². The van der Waals surface area contributed by atoms with E-state index in [1.165, 1.54) is 0 Å². The molecule has 18 heavy (non-hydrogen) atoms. The van der Waals surface area contributed by atoms with Crippen LogP contribution in [-0.4, -0.2) is 12.1 Å². The molecule has 0 amide bonds. The lowest BCUT2D eigenvalue weighted by molar-refractivity contribution is 0.298. The number of rotatable bonds is 4. The molecule has 0 atom stereocenters. The van der Waals surface area contributed by atoms with Gasteiger partial charge in [-0.1, -0.05) is 18.2 Å². The molecule has 0 spiro atoms. The summed E-state index contributed by atoms with van der Waals surface area (Å²) in [6.07, 6.45) is 0. The number of benzene rings is 1. The Hall–Kier alpha value is -2.23. The average molecular weight is 244 g/mol. The van der Waals surface area contributed by atoms with Gasteiger partial charge in [-0.15, -0.1) is 0 Å². The van der Waals surface area contributed by atoms with Crippen molar-refractivity contribution in [3.8, 4) is 11.6 Å². The molecule has 94 valence electrons. The molecule has 0 aliphatic rings. The van der Waals surface area contributed by atoms with E-state index < -0.39 is 0 Å². The van der Waals surface area contributed by atoms with Gasteiger partial charge in [0.25, 0.3) is 0 Å². The van der Waals surface area contributed by atoms with E-state index in [1.54, 1.807) is 13.2 Å². The van der Waals surface area contributed by atoms with Crippen LogP contribution in [0.4, 0.5) is 5.69 Å². The molecule has 4 nitrogen and oxygen atoms in total. The molecule has 0 aliphatic carbocycles. The first-order chi connectivity index (χ1) is 8.70. The minimum atomic E-state index is 0.367. The lowest BCUT2D eigenvalue weighted by Crippen LogP contribution is -2.02. The van der Waals surface area contributed by atoms with Crippen LogP contribution < -0.4 is 15.2 Å². The van der Waals surface area contributed by atoms with Crippen LogP contribution in [-0.2, 0) is 6.61 Å². The highest BCUT2D eigenvalue weighted by Crippen LogP contribution is 2.26. The lowest BCUT2D eigenvalue weighted by atomic mass is 10.2. The molecule has 0 unspecified atom stereocenters. The zero-order chi connectivity index (χ0) is 13.0. The number of methoxy groups -OCH3 is 1. The molecule has 0 radical (unpaired) electrons. The van der Waals surface area contributed by atoms with Crippen LogP contribution in [0.15, 0.2) is 36.4 Å². The summed E-state index contributed by atoms with van der Waals surface area (Å²) in [7, 11) is 1.59. The largest absolute Gasteiger partial charge is 0.485 e. The van der Waals surface area contributed by atoms with Crippen molar-refractivity contribution in [1.29, 1.82) is 0 Å². The highest BCUT2D eigenvalue weighted by atomic mass is 16.5. The summed E-state index contributed by atoms with van der Waals surface area (Å²) >= 11 is 0. The Morgan fingerprint density at radius 3 is 2.67 bits per heavy atom. The van der Waals surface area contributed by atoms with E-state index in [-0.39, 0.29) is 0 Å². The smallest absolute Gasteiger partial charge is 0.213 e. The van der Waals surface area contributed by atoms with Crippen LogP contribution in [0.25, 0.3) is 0 Å². The van der Waals surface area contributed by atoms with Crippen molar-refractivity contribution < 1.29 is 9.47 Å². The van der Waals surface area contributed by atoms with Crippen molar-refractivity contribution >= 4 is 5.69 Å². The summed E-state index contributed by atoms with van der Waals surface area (Å²) in [5.41, 5.74) is 8.32. The Morgan fingerprint density at radius 1 is 1.17 bits per heavy atom. The van der Waals surface area contributed by atoms with Gasteiger partial charge in [-0.05, 0) is 24.6 Å². The van der Waals surface area contributed by atoms with Crippen LogP contribution in [0, 0.1) is 6.92 Å². The minimum Gasteiger partial charge on any atom is -0.485 e. The molecule has 0 saturated carbocycles. The molecule has 0 fully saturated rings. The fourth-order valence-electron chi connectivity index (χ4n) is 1.67. The van der Waals surface area contributed by atoms with E-state index >= 15 is 0 Å². The fourth-order valence-corrected chi connectivity index (χ4v) is 1.67. The predicted molar refractivity (Wildman–Crippen MR) is 70.7 cm³/mol. The van der Waals surface area contributed by atoms with Gasteiger partial charge in [0.1, 0.15) is 12.4 Å². The molecule has 2 aromatic rings. The topological polar surface area (TPSA) is 57.4 Å². The van der Waals surface area contributed by atoms with Crippen molar-refractivity contribution in [1.82, 2.24) is 4.98 Å². The van der Waals surface area contributed by atoms with Crippen molar-refractivity contribution in [3.63, 3.8) is 0 Å². The first-order valence-corrected chi connectivity index (χ1v) is 5.68. The van der Waals surface area contributed by atoms with E-state index in [0.29, 0.717) is 23.9 Å². The number of aromatic nitrogens is 1. The van der Waals surface area contributed by atoms with Gasteiger partial charge in [-0.2, -0.15) is 0 Å². The molecule has 2 N–H and O–H groups in total. The number of hydrogen-bond acceptors (Lipinski definition) is 4. The normalized spacial score (nSPS) is 10.1.